The predicted molar refractivity (Wildman–Crippen MR) is 98.6 cm³/mol. The van der Waals surface area contributed by atoms with Crippen LogP contribution >= 0.6 is 0 Å². The smallest absolute Gasteiger partial charge is 0.257 e. The monoisotopic (exact) mass is 367 g/mol. The Morgan fingerprint density at radius 3 is 2.44 bits per heavy atom. The number of furan rings is 1. The van der Waals surface area contributed by atoms with Gasteiger partial charge in [0.2, 0.25) is 11.7 Å². The minimum atomic E-state index is 0.0276. The van der Waals surface area contributed by atoms with Crippen LogP contribution in [0.25, 0.3) is 11.4 Å². The number of carbonyl (C=O) groups is 1. The molecule has 3 aromatic heterocycles. The van der Waals surface area contributed by atoms with Gasteiger partial charge in [0.25, 0.3) is 5.91 Å². The number of hydrogen-bond acceptors (Lipinski definition) is 7. The maximum atomic E-state index is 12.7. The molecule has 4 rings (SSSR count). The van der Waals surface area contributed by atoms with Crippen LogP contribution in [0.5, 0.6) is 0 Å². The van der Waals surface area contributed by atoms with Crippen molar-refractivity contribution in [3.05, 3.63) is 47.4 Å². The minimum absolute atomic E-state index is 0.0276. The van der Waals surface area contributed by atoms with Crippen LogP contribution in [-0.4, -0.2) is 52.1 Å². The lowest BCUT2D eigenvalue weighted by atomic mass is 10.2. The van der Waals surface area contributed by atoms with Crippen molar-refractivity contribution in [2.24, 2.45) is 0 Å². The number of amides is 1. The Labute approximate surface area is 156 Å². The van der Waals surface area contributed by atoms with Crippen LogP contribution < -0.4 is 4.90 Å². The fourth-order valence-corrected chi connectivity index (χ4v) is 3.27. The highest BCUT2D eigenvalue weighted by Gasteiger charge is 2.25. The minimum Gasteiger partial charge on any atom is -0.466 e. The van der Waals surface area contributed by atoms with E-state index in [0.717, 1.165) is 30.2 Å². The molecule has 0 bridgehead atoms. The van der Waals surface area contributed by atoms with E-state index < -0.39 is 0 Å². The molecular formula is C19H21N5O3. The van der Waals surface area contributed by atoms with Gasteiger partial charge >= 0.3 is 0 Å². The Morgan fingerprint density at radius 2 is 1.89 bits per heavy atom. The summed E-state index contributed by atoms with van der Waals surface area (Å²) < 4.78 is 10.5. The predicted octanol–water partition coefficient (Wildman–Crippen LogP) is 2.61. The number of anilines is 1. The van der Waals surface area contributed by atoms with Gasteiger partial charge in [0.05, 0.1) is 5.56 Å². The molecule has 0 radical (unpaired) electrons. The highest BCUT2D eigenvalue weighted by atomic mass is 16.5. The van der Waals surface area contributed by atoms with Crippen LogP contribution in [-0.2, 0) is 0 Å². The molecule has 0 N–H and O–H groups in total. The lowest BCUT2D eigenvalue weighted by Crippen LogP contribution is -2.49. The second-order valence-electron chi connectivity index (χ2n) is 6.65. The zero-order valence-corrected chi connectivity index (χ0v) is 15.6. The van der Waals surface area contributed by atoms with Crippen molar-refractivity contribution in [1.29, 1.82) is 0 Å². The van der Waals surface area contributed by atoms with Crippen molar-refractivity contribution in [3.63, 3.8) is 0 Å². The van der Waals surface area contributed by atoms with Crippen LogP contribution in [0, 0.1) is 20.8 Å². The van der Waals surface area contributed by atoms with E-state index in [1.807, 2.05) is 36.9 Å². The first-order valence-electron chi connectivity index (χ1n) is 8.89. The van der Waals surface area contributed by atoms with Crippen LogP contribution in [0.15, 0.2) is 33.3 Å². The molecule has 0 atom stereocenters. The molecule has 0 unspecified atom stereocenters. The van der Waals surface area contributed by atoms with Gasteiger partial charge in [-0.2, -0.15) is 4.98 Å². The largest absolute Gasteiger partial charge is 0.466 e. The molecule has 1 aliphatic heterocycles. The first-order chi connectivity index (χ1) is 13.0. The second-order valence-corrected chi connectivity index (χ2v) is 6.65. The standard InChI is InChI=1S/C19H21N5O3/c1-12-10-16(13(2)26-12)19(25)24-8-6-23(7-9-24)17-5-4-15(11-20-17)18-21-14(3)27-22-18/h4-5,10-11H,6-9H2,1-3H3. The third-order valence-corrected chi connectivity index (χ3v) is 4.70. The number of pyridine rings is 1. The van der Waals surface area contributed by atoms with Gasteiger partial charge in [-0.1, -0.05) is 5.16 Å². The van der Waals surface area contributed by atoms with Crippen molar-refractivity contribution in [1.82, 2.24) is 20.0 Å². The van der Waals surface area contributed by atoms with E-state index in [1.165, 1.54) is 0 Å². The summed E-state index contributed by atoms with van der Waals surface area (Å²) in [6.07, 6.45) is 1.74. The molecule has 0 saturated carbocycles. The van der Waals surface area contributed by atoms with Gasteiger partial charge in [0, 0.05) is 44.9 Å². The maximum Gasteiger partial charge on any atom is 0.257 e. The number of hydrogen-bond donors (Lipinski definition) is 0. The molecule has 0 spiro atoms. The van der Waals surface area contributed by atoms with Gasteiger partial charge in [0.1, 0.15) is 17.3 Å². The highest BCUT2D eigenvalue weighted by molar-refractivity contribution is 5.95. The van der Waals surface area contributed by atoms with Gasteiger partial charge in [-0.15, -0.1) is 0 Å². The molecule has 3 aromatic rings. The molecule has 4 heterocycles. The van der Waals surface area contributed by atoms with E-state index in [2.05, 4.69) is 20.0 Å². The van der Waals surface area contributed by atoms with E-state index in [0.29, 0.717) is 36.1 Å². The van der Waals surface area contributed by atoms with Gasteiger partial charge in [0.15, 0.2) is 0 Å². The Hall–Kier alpha value is -3.16. The Kier molecular flexibility index (Phi) is 4.39. The second kappa shape index (κ2) is 6.86. The summed E-state index contributed by atoms with van der Waals surface area (Å²) >= 11 is 0. The molecule has 0 aromatic carbocycles. The summed E-state index contributed by atoms with van der Waals surface area (Å²) in [7, 11) is 0. The van der Waals surface area contributed by atoms with Crippen LogP contribution in [0.1, 0.15) is 27.8 Å². The Balaban J connectivity index is 1.40. The zero-order valence-electron chi connectivity index (χ0n) is 15.6. The van der Waals surface area contributed by atoms with Gasteiger partial charge in [-0.3, -0.25) is 4.79 Å². The average molecular weight is 367 g/mol. The normalized spacial score (nSPS) is 14.6. The van der Waals surface area contributed by atoms with E-state index in [9.17, 15) is 4.79 Å². The highest BCUT2D eigenvalue weighted by Crippen LogP contribution is 2.21. The van der Waals surface area contributed by atoms with E-state index in [1.54, 1.807) is 13.1 Å². The van der Waals surface area contributed by atoms with Crippen LogP contribution in [0.4, 0.5) is 5.82 Å². The quantitative estimate of drug-likeness (QED) is 0.703. The summed E-state index contributed by atoms with van der Waals surface area (Å²) in [4.78, 5) is 25.5. The van der Waals surface area contributed by atoms with Crippen molar-refractivity contribution >= 4 is 11.7 Å². The summed E-state index contributed by atoms with van der Waals surface area (Å²) in [6, 6.07) is 5.69. The SMILES string of the molecule is Cc1cc(C(=O)N2CCN(c3ccc(-c4noc(C)n4)cn3)CC2)c(C)o1. The van der Waals surface area contributed by atoms with Gasteiger partial charge < -0.3 is 18.7 Å². The molecule has 1 amide bonds. The molecule has 8 nitrogen and oxygen atoms in total. The molecule has 1 fully saturated rings. The summed E-state index contributed by atoms with van der Waals surface area (Å²) in [6.45, 7) is 8.20. The van der Waals surface area contributed by atoms with Gasteiger partial charge in [-0.25, -0.2) is 4.98 Å². The fourth-order valence-electron chi connectivity index (χ4n) is 3.27. The van der Waals surface area contributed by atoms with Crippen molar-refractivity contribution < 1.29 is 13.7 Å². The first-order valence-corrected chi connectivity index (χ1v) is 8.89. The van der Waals surface area contributed by atoms with E-state index in [-0.39, 0.29) is 5.91 Å². The number of rotatable bonds is 3. The molecule has 1 aliphatic rings. The third-order valence-electron chi connectivity index (χ3n) is 4.70. The molecule has 27 heavy (non-hydrogen) atoms. The average Bonchev–Trinajstić information content (AvgIpc) is 3.26. The summed E-state index contributed by atoms with van der Waals surface area (Å²) in [5, 5.41) is 3.90. The fraction of sp³-hybridized carbons (Fsp3) is 0.368. The summed E-state index contributed by atoms with van der Waals surface area (Å²) in [5.41, 5.74) is 1.47. The number of carbonyl (C=O) groups excluding carboxylic acids is 1. The van der Waals surface area contributed by atoms with Crippen LogP contribution in [0.2, 0.25) is 0 Å². The zero-order chi connectivity index (χ0) is 19.0. The number of piperazine rings is 1. The first kappa shape index (κ1) is 17.3. The lowest BCUT2D eigenvalue weighted by Gasteiger charge is -2.35. The number of nitrogens with zero attached hydrogens (tertiary/aromatic N) is 5. The molecule has 0 aliphatic carbocycles. The molecule has 140 valence electrons. The number of aromatic nitrogens is 3. The Morgan fingerprint density at radius 1 is 1.11 bits per heavy atom. The van der Waals surface area contributed by atoms with Crippen LogP contribution in [0.3, 0.4) is 0 Å². The van der Waals surface area contributed by atoms with Gasteiger partial charge in [-0.05, 0) is 32.0 Å². The van der Waals surface area contributed by atoms with Crippen molar-refractivity contribution in [3.8, 4) is 11.4 Å². The molecular weight excluding hydrogens is 346 g/mol. The summed E-state index contributed by atoms with van der Waals surface area (Å²) in [5.74, 6) is 3.40. The van der Waals surface area contributed by atoms with E-state index in [4.69, 9.17) is 8.94 Å². The van der Waals surface area contributed by atoms with E-state index >= 15 is 0 Å². The molecule has 1 saturated heterocycles. The third kappa shape index (κ3) is 3.42. The lowest BCUT2D eigenvalue weighted by molar-refractivity contribution is 0.0744. The van der Waals surface area contributed by atoms with Crippen molar-refractivity contribution in [2.75, 3.05) is 31.1 Å². The maximum absolute atomic E-state index is 12.7. The topological polar surface area (TPSA) is 88.5 Å². The van der Waals surface area contributed by atoms with Crippen molar-refractivity contribution in [2.45, 2.75) is 20.8 Å². The number of aryl methyl sites for hydroxylation is 3. The Bertz CT molecular complexity index is 952. The molecule has 8 heteroatoms.